The Morgan fingerprint density at radius 2 is 1.68 bits per heavy atom. The highest BCUT2D eigenvalue weighted by Crippen LogP contribution is 2.17. The van der Waals surface area contributed by atoms with Crippen LogP contribution in [0.3, 0.4) is 0 Å². The molecular formula is C19H17N3O3. The van der Waals surface area contributed by atoms with Crippen LogP contribution >= 0.6 is 0 Å². The molecule has 0 spiro atoms. The maximum atomic E-state index is 12.5. The Labute approximate surface area is 144 Å². The minimum absolute atomic E-state index is 0.192. The molecule has 3 rings (SSSR count). The second kappa shape index (κ2) is 7.44. The van der Waals surface area contributed by atoms with Gasteiger partial charge in [-0.25, -0.2) is 4.68 Å². The van der Waals surface area contributed by atoms with Crippen LogP contribution in [0.5, 0.6) is 0 Å². The molecule has 0 saturated heterocycles. The molecule has 0 fully saturated rings. The van der Waals surface area contributed by atoms with Gasteiger partial charge < -0.3 is 10.4 Å². The highest BCUT2D eigenvalue weighted by atomic mass is 16.4. The summed E-state index contributed by atoms with van der Waals surface area (Å²) in [5.74, 6) is -1.34. The Morgan fingerprint density at radius 1 is 1.04 bits per heavy atom. The number of hydrogen-bond donors (Lipinski definition) is 2. The number of nitrogens with one attached hydrogen (secondary N) is 1. The van der Waals surface area contributed by atoms with Crippen LogP contribution in [-0.4, -0.2) is 26.8 Å². The lowest BCUT2D eigenvalue weighted by atomic mass is 10.0. The van der Waals surface area contributed by atoms with Crippen LogP contribution in [0.2, 0.25) is 0 Å². The fraction of sp³-hybridized carbons (Fsp3) is 0.105. The molecule has 0 aliphatic heterocycles. The van der Waals surface area contributed by atoms with Crippen LogP contribution in [0, 0.1) is 0 Å². The van der Waals surface area contributed by atoms with Gasteiger partial charge in [-0.15, -0.1) is 0 Å². The van der Waals surface area contributed by atoms with Gasteiger partial charge in [0.2, 0.25) is 0 Å². The van der Waals surface area contributed by atoms with Crippen LogP contribution in [0.4, 0.5) is 0 Å². The van der Waals surface area contributed by atoms with Crippen molar-refractivity contribution >= 4 is 11.9 Å². The average molecular weight is 335 g/mol. The average Bonchev–Trinajstić information content (AvgIpc) is 3.12. The molecule has 0 radical (unpaired) electrons. The third kappa shape index (κ3) is 4.11. The molecule has 126 valence electrons. The van der Waals surface area contributed by atoms with Gasteiger partial charge in [0, 0.05) is 6.20 Å². The lowest BCUT2D eigenvalue weighted by Crippen LogP contribution is -2.30. The third-order valence-electron chi connectivity index (χ3n) is 3.75. The molecule has 0 bridgehead atoms. The molecule has 1 aromatic heterocycles. The number of para-hydroxylation sites is 1. The van der Waals surface area contributed by atoms with E-state index >= 15 is 0 Å². The van der Waals surface area contributed by atoms with E-state index in [1.807, 2.05) is 48.5 Å². The van der Waals surface area contributed by atoms with Gasteiger partial charge in [-0.05, 0) is 17.7 Å². The Morgan fingerprint density at radius 3 is 2.32 bits per heavy atom. The first-order valence-electron chi connectivity index (χ1n) is 7.81. The summed E-state index contributed by atoms with van der Waals surface area (Å²) in [6.45, 7) is 0. The number of aliphatic carboxylic acids is 1. The van der Waals surface area contributed by atoms with E-state index in [-0.39, 0.29) is 12.3 Å². The van der Waals surface area contributed by atoms with Crippen LogP contribution in [0.15, 0.2) is 73.1 Å². The molecule has 1 atom stereocenters. The van der Waals surface area contributed by atoms with Gasteiger partial charge in [0.15, 0.2) is 0 Å². The number of benzene rings is 2. The molecule has 2 aromatic carbocycles. The molecule has 3 aromatic rings. The summed E-state index contributed by atoms with van der Waals surface area (Å²) >= 11 is 0. The number of carboxylic acid groups (broad SMARTS) is 1. The lowest BCUT2D eigenvalue weighted by Gasteiger charge is -2.16. The summed E-state index contributed by atoms with van der Waals surface area (Å²) in [6, 6.07) is 17.9. The van der Waals surface area contributed by atoms with E-state index in [0.717, 1.165) is 11.3 Å². The Balaban J connectivity index is 1.78. The second-order valence-corrected chi connectivity index (χ2v) is 5.54. The summed E-state index contributed by atoms with van der Waals surface area (Å²) in [7, 11) is 0. The second-order valence-electron chi connectivity index (χ2n) is 5.54. The normalized spacial score (nSPS) is 11.7. The number of carboxylic acids is 1. The summed E-state index contributed by atoms with van der Waals surface area (Å²) in [5, 5.41) is 16.1. The number of rotatable bonds is 6. The van der Waals surface area contributed by atoms with E-state index in [1.165, 1.54) is 6.20 Å². The molecular weight excluding hydrogens is 318 g/mol. The summed E-state index contributed by atoms with van der Waals surface area (Å²) < 4.78 is 1.60. The molecule has 0 aliphatic rings. The van der Waals surface area contributed by atoms with Crippen molar-refractivity contribution in [2.45, 2.75) is 12.5 Å². The molecule has 0 aliphatic carbocycles. The summed E-state index contributed by atoms with van der Waals surface area (Å²) in [5.41, 5.74) is 1.95. The number of nitrogens with zero attached hydrogens (tertiary/aromatic N) is 2. The van der Waals surface area contributed by atoms with Crippen molar-refractivity contribution in [1.29, 1.82) is 0 Å². The maximum Gasteiger partial charge on any atom is 0.305 e. The fourth-order valence-electron chi connectivity index (χ4n) is 2.52. The monoisotopic (exact) mass is 335 g/mol. The Hall–Kier alpha value is -3.41. The van der Waals surface area contributed by atoms with E-state index in [1.54, 1.807) is 23.0 Å². The van der Waals surface area contributed by atoms with E-state index in [2.05, 4.69) is 10.4 Å². The highest BCUT2D eigenvalue weighted by molar-refractivity contribution is 5.94. The number of carbonyl (C=O) groups is 2. The van der Waals surface area contributed by atoms with Crippen molar-refractivity contribution in [2.24, 2.45) is 0 Å². The first kappa shape index (κ1) is 16.4. The van der Waals surface area contributed by atoms with E-state index < -0.39 is 12.0 Å². The van der Waals surface area contributed by atoms with Gasteiger partial charge in [-0.1, -0.05) is 48.5 Å². The SMILES string of the molecule is O=C(O)C[C@H](NC(=O)c1cnn(-c2ccccc2)c1)c1ccccc1. The van der Waals surface area contributed by atoms with Gasteiger partial charge in [0.05, 0.1) is 29.9 Å². The maximum absolute atomic E-state index is 12.5. The van der Waals surface area contributed by atoms with E-state index in [4.69, 9.17) is 5.11 Å². The molecule has 0 saturated carbocycles. The van der Waals surface area contributed by atoms with Crippen molar-refractivity contribution in [1.82, 2.24) is 15.1 Å². The molecule has 1 heterocycles. The van der Waals surface area contributed by atoms with Gasteiger partial charge in [0.25, 0.3) is 5.91 Å². The van der Waals surface area contributed by atoms with Gasteiger partial charge in [0.1, 0.15) is 0 Å². The predicted molar refractivity (Wildman–Crippen MR) is 92.5 cm³/mol. The van der Waals surface area contributed by atoms with Crippen LogP contribution < -0.4 is 5.32 Å². The number of carbonyl (C=O) groups excluding carboxylic acids is 1. The number of amides is 1. The van der Waals surface area contributed by atoms with Crippen molar-refractivity contribution < 1.29 is 14.7 Å². The highest BCUT2D eigenvalue weighted by Gasteiger charge is 2.19. The molecule has 25 heavy (non-hydrogen) atoms. The zero-order chi connectivity index (χ0) is 17.6. The quantitative estimate of drug-likeness (QED) is 0.725. The van der Waals surface area contributed by atoms with Crippen LogP contribution in [-0.2, 0) is 4.79 Å². The number of hydrogen-bond acceptors (Lipinski definition) is 3. The van der Waals surface area contributed by atoms with E-state index in [9.17, 15) is 9.59 Å². The molecule has 6 heteroatoms. The van der Waals surface area contributed by atoms with Gasteiger partial charge in [-0.2, -0.15) is 5.10 Å². The summed E-state index contributed by atoms with van der Waals surface area (Å²) in [4.78, 5) is 23.6. The van der Waals surface area contributed by atoms with Gasteiger partial charge >= 0.3 is 5.97 Å². The standard InChI is InChI=1S/C19H17N3O3/c23-18(24)11-17(14-7-3-1-4-8-14)21-19(25)15-12-20-22(13-15)16-9-5-2-6-10-16/h1-10,12-13,17H,11H2,(H,21,25)(H,23,24)/t17-/m0/s1. The first-order valence-corrected chi connectivity index (χ1v) is 7.81. The molecule has 1 amide bonds. The zero-order valence-corrected chi connectivity index (χ0v) is 13.4. The number of aromatic nitrogens is 2. The zero-order valence-electron chi connectivity index (χ0n) is 13.4. The fourth-order valence-corrected chi connectivity index (χ4v) is 2.52. The van der Waals surface area contributed by atoms with E-state index in [0.29, 0.717) is 5.56 Å². The van der Waals surface area contributed by atoms with Crippen LogP contribution in [0.1, 0.15) is 28.4 Å². The van der Waals surface area contributed by atoms with Crippen molar-refractivity contribution in [3.05, 3.63) is 84.2 Å². The largest absolute Gasteiger partial charge is 0.481 e. The van der Waals surface area contributed by atoms with Crippen molar-refractivity contribution in [3.63, 3.8) is 0 Å². The first-order chi connectivity index (χ1) is 12.1. The van der Waals surface area contributed by atoms with Crippen molar-refractivity contribution in [2.75, 3.05) is 0 Å². The molecule has 2 N–H and O–H groups in total. The lowest BCUT2D eigenvalue weighted by molar-refractivity contribution is -0.137. The molecule has 6 nitrogen and oxygen atoms in total. The summed E-state index contributed by atoms with van der Waals surface area (Å²) in [6.07, 6.45) is 2.89. The minimum Gasteiger partial charge on any atom is -0.481 e. The Bertz CT molecular complexity index is 860. The molecule has 0 unspecified atom stereocenters. The third-order valence-corrected chi connectivity index (χ3v) is 3.75. The topological polar surface area (TPSA) is 84.2 Å². The minimum atomic E-state index is -0.978. The van der Waals surface area contributed by atoms with Gasteiger partial charge in [-0.3, -0.25) is 9.59 Å². The smallest absolute Gasteiger partial charge is 0.305 e. The predicted octanol–water partition coefficient (Wildman–Crippen LogP) is 2.82. The van der Waals surface area contributed by atoms with Crippen LogP contribution in [0.25, 0.3) is 5.69 Å². The van der Waals surface area contributed by atoms with Crippen molar-refractivity contribution in [3.8, 4) is 5.69 Å². The Kier molecular flexibility index (Phi) is 4.89.